The summed E-state index contributed by atoms with van der Waals surface area (Å²) in [5, 5.41) is 0. The van der Waals surface area contributed by atoms with Gasteiger partial charge in [0.05, 0.1) is 0 Å². The lowest BCUT2D eigenvalue weighted by Gasteiger charge is -2.05. The molecule has 0 aliphatic carbocycles. The van der Waals surface area contributed by atoms with Crippen molar-refractivity contribution in [3.8, 4) is 5.75 Å². The first-order valence-electron chi connectivity index (χ1n) is 4.68. The highest BCUT2D eigenvalue weighted by molar-refractivity contribution is 7.80. The summed E-state index contributed by atoms with van der Waals surface area (Å²) in [4.78, 5) is 0. The van der Waals surface area contributed by atoms with Crippen molar-refractivity contribution in [2.45, 2.75) is 12.8 Å². The Balaban J connectivity index is 2.42. The van der Waals surface area contributed by atoms with Crippen molar-refractivity contribution in [3.05, 3.63) is 29.8 Å². The van der Waals surface area contributed by atoms with Crippen LogP contribution in [0.5, 0.6) is 5.75 Å². The summed E-state index contributed by atoms with van der Waals surface area (Å²) >= 11 is 4.18. The number of rotatable bonds is 6. The molecular formula is C11H16O2S. The van der Waals surface area contributed by atoms with Gasteiger partial charge in [-0.1, -0.05) is 12.1 Å². The zero-order chi connectivity index (χ0) is 10.2. The minimum atomic E-state index is 0.302. The van der Waals surface area contributed by atoms with Crippen molar-refractivity contribution in [1.82, 2.24) is 0 Å². The minimum absolute atomic E-state index is 0.302. The summed E-state index contributed by atoms with van der Waals surface area (Å²) in [6.45, 7) is 0.302. The Labute approximate surface area is 90.6 Å². The quantitative estimate of drug-likeness (QED) is 0.577. The molecule has 0 unspecified atom stereocenters. The lowest BCUT2D eigenvalue weighted by atomic mass is 10.1. The molecule has 0 N–H and O–H groups in total. The first kappa shape index (κ1) is 11.4. The lowest BCUT2D eigenvalue weighted by molar-refractivity contribution is 0.0511. The second-order valence-corrected chi connectivity index (χ2v) is 3.47. The first-order chi connectivity index (χ1) is 6.86. The summed E-state index contributed by atoms with van der Waals surface area (Å²) in [5.41, 5.74) is 1.32. The fraction of sp³-hybridized carbons (Fsp3) is 0.455. The molecule has 0 saturated carbocycles. The maximum Gasteiger partial charge on any atom is 0.188 e. The zero-order valence-electron chi connectivity index (χ0n) is 8.40. The van der Waals surface area contributed by atoms with Crippen LogP contribution in [-0.2, 0) is 11.2 Å². The number of thiol groups is 1. The predicted molar refractivity (Wildman–Crippen MR) is 61.1 cm³/mol. The number of aryl methyl sites for hydroxylation is 1. The average molecular weight is 212 g/mol. The maximum atomic E-state index is 5.28. The van der Waals surface area contributed by atoms with E-state index in [1.165, 1.54) is 5.56 Å². The topological polar surface area (TPSA) is 18.5 Å². The normalized spacial score (nSPS) is 10.1. The van der Waals surface area contributed by atoms with E-state index in [4.69, 9.17) is 9.47 Å². The van der Waals surface area contributed by atoms with E-state index < -0.39 is 0 Å². The van der Waals surface area contributed by atoms with Crippen molar-refractivity contribution in [1.29, 1.82) is 0 Å². The molecule has 0 heterocycles. The van der Waals surface area contributed by atoms with Gasteiger partial charge in [0.15, 0.2) is 6.79 Å². The third kappa shape index (κ3) is 4.03. The number of hydrogen-bond acceptors (Lipinski definition) is 3. The Morgan fingerprint density at radius 3 is 2.50 bits per heavy atom. The summed E-state index contributed by atoms with van der Waals surface area (Å²) < 4.78 is 10.1. The zero-order valence-corrected chi connectivity index (χ0v) is 9.30. The fourth-order valence-corrected chi connectivity index (χ4v) is 1.32. The van der Waals surface area contributed by atoms with E-state index in [0.717, 1.165) is 24.3 Å². The molecule has 0 fully saturated rings. The van der Waals surface area contributed by atoms with Crippen LogP contribution in [0.3, 0.4) is 0 Å². The number of methoxy groups -OCH3 is 1. The van der Waals surface area contributed by atoms with Gasteiger partial charge in [0.1, 0.15) is 5.75 Å². The minimum Gasteiger partial charge on any atom is -0.468 e. The molecule has 2 nitrogen and oxygen atoms in total. The first-order valence-corrected chi connectivity index (χ1v) is 5.31. The van der Waals surface area contributed by atoms with Crippen LogP contribution in [0.4, 0.5) is 0 Å². The average Bonchev–Trinajstić information content (AvgIpc) is 2.25. The van der Waals surface area contributed by atoms with Gasteiger partial charge in [0, 0.05) is 7.11 Å². The Morgan fingerprint density at radius 2 is 1.93 bits per heavy atom. The van der Waals surface area contributed by atoms with Gasteiger partial charge in [-0.3, -0.25) is 0 Å². The Bertz CT molecular complexity index is 219. The standard InChI is InChI=1S/C11H16O2S/c1-12-9-13-11-6-4-10(5-7-11)3-2-8-14/h4-7,14H,2-3,8-9H2,1H3. The molecule has 0 radical (unpaired) electrons. The van der Waals surface area contributed by atoms with Crippen LogP contribution in [0.25, 0.3) is 0 Å². The third-order valence-electron chi connectivity index (χ3n) is 1.89. The maximum absolute atomic E-state index is 5.28. The monoisotopic (exact) mass is 212 g/mol. The van der Waals surface area contributed by atoms with Crippen LogP contribution in [0.2, 0.25) is 0 Å². The van der Waals surface area contributed by atoms with E-state index in [-0.39, 0.29) is 0 Å². The molecule has 0 atom stereocenters. The molecule has 0 saturated heterocycles. The number of ether oxygens (including phenoxy) is 2. The lowest BCUT2D eigenvalue weighted by Crippen LogP contribution is -1.98. The Hall–Kier alpha value is -0.670. The van der Waals surface area contributed by atoms with E-state index in [2.05, 4.69) is 24.8 Å². The van der Waals surface area contributed by atoms with E-state index in [0.29, 0.717) is 6.79 Å². The highest BCUT2D eigenvalue weighted by atomic mass is 32.1. The van der Waals surface area contributed by atoms with E-state index in [1.54, 1.807) is 7.11 Å². The van der Waals surface area contributed by atoms with Crippen LogP contribution < -0.4 is 4.74 Å². The number of hydrogen-bond donors (Lipinski definition) is 1. The Morgan fingerprint density at radius 1 is 1.21 bits per heavy atom. The molecule has 0 aliphatic rings. The van der Waals surface area contributed by atoms with Gasteiger partial charge in [0.2, 0.25) is 0 Å². The fourth-order valence-electron chi connectivity index (χ4n) is 1.16. The van der Waals surface area contributed by atoms with Crippen LogP contribution in [0, 0.1) is 0 Å². The summed E-state index contributed by atoms with van der Waals surface area (Å²) in [7, 11) is 1.61. The van der Waals surface area contributed by atoms with E-state index in [1.807, 2.05) is 12.1 Å². The molecule has 1 aromatic rings. The molecule has 1 rings (SSSR count). The molecule has 0 spiro atoms. The molecule has 0 amide bonds. The smallest absolute Gasteiger partial charge is 0.188 e. The molecule has 14 heavy (non-hydrogen) atoms. The van der Waals surface area contributed by atoms with Crippen LogP contribution in [0.15, 0.2) is 24.3 Å². The van der Waals surface area contributed by atoms with Crippen molar-refractivity contribution in [2.24, 2.45) is 0 Å². The van der Waals surface area contributed by atoms with Gasteiger partial charge in [-0.15, -0.1) is 0 Å². The van der Waals surface area contributed by atoms with Crippen LogP contribution >= 0.6 is 12.6 Å². The van der Waals surface area contributed by atoms with Crippen molar-refractivity contribution < 1.29 is 9.47 Å². The number of benzene rings is 1. The van der Waals surface area contributed by atoms with Gasteiger partial charge < -0.3 is 9.47 Å². The van der Waals surface area contributed by atoms with E-state index >= 15 is 0 Å². The summed E-state index contributed by atoms with van der Waals surface area (Å²) in [5.74, 6) is 1.78. The van der Waals surface area contributed by atoms with E-state index in [9.17, 15) is 0 Å². The molecule has 1 aromatic carbocycles. The second kappa shape index (κ2) is 6.74. The SMILES string of the molecule is COCOc1ccc(CCCS)cc1. The molecule has 3 heteroatoms. The van der Waals surface area contributed by atoms with Crippen molar-refractivity contribution in [3.63, 3.8) is 0 Å². The molecule has 78 valence electrons. The van der Waals surface area contributed by atoms with Crippen molar-refractivity contribution >= 4 is 12.6 Å². The highest BCUT2D eigenvalue weighted by Crippen LogP contribution is 2.13. The van der Waals surface area contributed by atoms with Gasteiger partial charge in [-0.2, -0.15) is 12.6 Å². The van der Waals surface area contributed by atoms with Crippen molar-refractivity contribution in [2.75, 3.05) is 19.7 Å². The molecule has 0 bridgehead atoms. The third-order valence-corrected chi connectivity index (χ3v) is 2.21. The van der Waals surface area contributed by atoms with Crippen LogP contribution in [-0.4, -0.2) is 19.7 Å². The van der Waals surface area contributed by atoms with Gasteiger partial charge >= 0.3 is 0 Å². The highest BCUT2D eigenvalue weighted by Gasteiger charge is 1.94. The summed E-state index contributed by atoms with van der Waals surface area (Å²) in [6, 6.07) is 8.09. The molecule has 0 aromatic heterocycles. The molecular weight excluding hydrogens is 196 g/mol. The second-order valence-electron chi connectivity index (χ2n) is 3.02. The Kier molecular flexibility index (Phi) is 5.49. The van der Waals surface area contributed by atoms with Gasteiger partial charge in [-0.25, -0.2) is 0 Å². The largest absolute Gasteiger partial charge is 0.468 e. The molecule has 0 aliphatic heterocycles. The van der Waals surface area contributed by atoms with Gasteiger partial charge in [0.25, 0.3) is 0 Å². The van der Waals surface area contributed by atoms with Crippen LogP contribution in [0.1, 0.15) is 12.0 Å². The predicted octanol–water partition coefficient (Wildman–Crippen LogP) is 2.53. The van der Waals surface area contributed by atoms with Gasteiger partial charge in [-0.05, 0) is 36.3 Å². The summed E-state index contributed by atoms with van der Waals surface area (Å²) in [6.07, 6.45) is 2.19.